The highest BCUT2D eigenvalue weighted by Gasteiger charge is 2.28. The number of nitrogens with zero attached hydrogens (tertiary/aromatic N) is 1. The second-order valence-electron chi connectivity index (χ2n) is 5.17. The number of thiol groups is 1. The van der Waals surface area contributed by atoms with E-state index >= 15 is 0 Å². The average Bonchev–Trinajstić information content (AvgIpc) is 2.59. The number of carbonyl (C=O) groups excluding carboxylic acids is 1. The third-order valence-electron chi connectivity index (χ3n) is 3.46. The highest BCUT2D eigenvalue weighted by atomic mass is 32.2. The molecule has 0 aromatic heterocycles. The van der Waals surface area contributed by atoms with Crippen molar-refractivity contribution in [1.29, 1.82) is 0 Å². The van der Waals surface area contributed by atoms with Crippen LogP contribution in [0.2, 0.25) is 0 Å². The van der Waals surface area contributed by atoms with Crippen molar-refractivity contribution in [3.8, 4) is 0 Å². The molecule has 132 valence electrons. The maximum Gasteiger partial charge on any atom is 0.243 e. The van der Waals surface area contributed by atoms with Crippen molar-refractivity contribution in [1.82, 2.24) is 4.31 Å². The zero-order valence-electron chi connectivity index (χ0n) is 14.2. The molecule has 1 heterocycles. The quantitative estimate of drug-likeness (QED) is 0.637. The first-order valence-corrected chi connectivity index (χ1v) is 9.57. The van der Waals surface area contributed by atoms with E-state index < -0.39 is 10.0 Å². The van der Waals surface area contributed by atoms with E-state index in [9.17, 15) is 13.2 Å². The number of rotatable bonds is 3. The number of ketones is 1. The normalized spacial score (nSPS) is 15.3. The van der Waals surface area contributed by atoms with Crippen molar-refractivity contribution in [3.05, 3.63) is 29.8 Å². The molecule has 0 atom stereocenters. The van der Waals surface area contributed by atoms with E-state index in [0.29, 0.717) is 36.7 Å². The average molecular weight is 362 g/mol. The minimum Gasteiger partial charge on any atom is -0.333 e. The van der Waals surface area contributed by atoms with Gasteiger partial charge < -0.3 is 4.55 Å². The summed E-state index contributed by atoms with van der Waals surface area (Å²) in [5.41, 5.74) is 1.12. The van der Waals surface area contributed by atoms with E-state index in [1.54, 1.807) is 12.1 Å². The molecule has 0 unspecified atom stereocenters. The van der Waals surface area contributed by atoms with Crippen LogP contribution in [0.5, 0.6) is 0 Å². The smallest absolute Gasteiger partial charge is 0.243 e. The Morgan fingerprint density at radius 3 is 1.87 bits per heavy atom. The van der Waals surface area contributed by atoms with Gasteiger partial charge in [0.1, 0.15) is 5.78 Å². The van der Waals surface area contributed by atoms with Gasteiger partial charge in [0, 0.05) is 25.9 Å². The predicted octanol–water partition coefficient (Wildman–Crippen LogP) is 3.58. The van der Waals surface area contributed by atoms with Crippen LogP contribution in [-0.4, -0.2) is 36.1 Å². The van der Waals surface area contributed by atoms with Crippen LogP contribution in [0, 0.1) is 0 Å². The van der Waals surface area contributed by atoms with Gasteiger partial charge in [-0.1, -0.05) is 39.8 Å². The number of sulfonamides is 1. The number of piperidine rings is 1. The van der Waals surface area contributed by atoms with E-state index in [2.05, 4.69) is 26.8 Å². The molecule has 1 aromatic rings. The Kier molecular flexibility index (Phi) is 10.4. The summed E-state index contributed by atoms with van der Waals surface area (Å²) in [6.45, 7) is 8.74. The summed E-state index contributed by atoms with van der Waals surface area (Å²) in [5, 5.41) is 0. The van der Waals surface area contributed by atoms with Crippen molar-refractivity contribution in [2.75, 3.05) is 13.1 Å². The van der Waals surface area contributed by atoms with E-state index in [1.165, 1.54) is 4.31 Å². The minimum absolute atomic E-state index is 0.140. The molecule has 0 spiro atoms. The van der Waals surface area contributed by atoms with Crippen molar-refractivity contribution < 1.29 is 17.8 Å². The molecule has 0 saturated carbocycles. The zero-order chi connectivity index (χ0) is 18.0. The van der Waals surface area contributed by atoms with Gasteiger partial charge in [0.15, 0.2) is 0 Å². The van der Waals surface area contributed by atoms with E-state index in [1.807, 2.05) is 26.0 Å². The molecule has 23 heavy (non-hydrogen) atoms. The number of hydrogen-bond acceptors (Lipinski definition) is 5. The molecule has 7 heteroatoms. The third kappa shape index (κ3) is 6.25. The summed E-state index contributed by atoms with van der Waals surface area (Å²) >= 11 is 2.53. The number of hydrogen-bond donors (Lipinski definition) is 2. The van der Waals surface area contributed by atoms with Crippen LogP contribution in [0.1, 0.15) is 52.0 Å². The molecule has 1 aliphatic rings. The Balaban J connectivity index is 0.00000112. The van der Waals surface area contributed by atoms with Crippen LogP contribution in [0.3, 0.4) is 0 Å². The Morgan fingerprint density at radius 2 is 1.48 bits per heavy atom. The van der Waals surface area contributed by atoms with Gasteiger partial charge in [-0.3, -0.25) is 4.79 Å². The van der Waals surface area contributed by atoms with Gasteiger partial charge in [-0.05, 0) is 36.5 Å². The third-order valence-corrected chi connectivity index (χ3v) is 5.38. The largest absolute Gasteiger partial charge is 0.333 e. The molecule has 1 fully saturated rings. The Morgan fingerprint density at radius 1 is 1.04 bits per heavy atom. The highest BCUT2D eigenvalue weighted by molar-refractivity contribution is 7.89. The van der Waals surface area contributed by atoms with Gasteiger partial charge in [-0.25, -0.2) is 8.42 Å². The van der Waals surface area contributed by atoms with Gasteiger partial charge in [-0.2, -0.15) is 4.31 Å². The van der Waals surface area contributed by atoms with Gasteiger partial charge in [0.25, 0.3) is 0 Å². The second kappa shape index (κ2) is 10.8. The van der Waals surface area contributed by atoms with E-state index in [4.69, 9.17) is 4.55 Å². The van der Waals surface area contributed by atoms with Crippen LogP contribution in [-0.2, 0) is 14.8 Å². The van der Waals surface area contributed by atoms with Crippen LogP contribution in [0.4, 0.5) is 0 Å². The summed E-state index contributed by atoms with van der Waals surface area (Å²) in [6, 6.07) is 7.02. The molecule has 0 aliphatic carbocycles. The molecule has 1 aromatic carbocycles. The Hall–Kier alpha value is -0.890. The maximum atomic E-state index is 12.4. The second-order valence-corrected chi connectivity index (χ2v) is 7.10. The fraction of sp³-hybridized carbons (Fsp3) is 0.562. The fourth-order valence-electron chi connectivity index (χ4n) is 2.15. The lowest BCUT2D eigenvalue weighted by Gasteiger charge is -2.25. The van der Waals surface area contributed by atoms with E-state index in [0.717, 1.165) is 5.56 Å². The highest BCUT2D eigenvalue weighted by Crippen LogP contribution is 2.22. The maximum absolute atomic E-state index is 12.4. The Labute approximate surface area is 145 Å². The van der Waals surface area contributed by atoms with Crippen molar-refractivity contribution in [2.45, 2.75) is 51.3 Å². The van der Waals surface area contributed by atoms with Crippen molar-refractivity contribution in [3.63, 3.8) is 0 Å². The summed E-state index contributed by atoms with van der Waals surface area (Å²) in [6.07, 6.45) is 0.645. The number of carbonyl (C=O) groups is 1. The molecule has 1 N–H and O–H groups in total. The molecule has 0 radical (unpaired) electrons. The first-order chi connectivity index (χ1) is 10.9. The van der Waals surface area contributed by atoms with Crippen molar-refractivity contribution >= 4 is 28.7 Å². The summed E-state index contributed by atoms with van der Waals surface area (Å²) in [7, 11) is -3.45. The molecule has 2 rings (SSSR count). The minimum atomic E-state index is -3.45. The number of benzene rings is 1. The van der Waals surface area contributed by atoms with Crippen LogP contribution < -0.4 is 0 Å². The lowest BCUT2D eigenvalue weighted by atomic mass is 10.0. The first-order valence-electron chi connectivity index (χ1n) is 7.73. The van der Waals surface area contributed by atoms with E-state index in [-0.39, 0.29) is 5.78 Å². The molecule has 0 amide bonds. The Bertz CT molecular complexity index is 558. The van der Waals surface area contributed by atoms with Crippen molar-refractivity contribution in [2.24, 2.45) is 0 Å². The van der Waals surface area contributed by atoms with Gasteiger partial charge in [-0.15, -0.1) is 0 Å². The molecule has 1 aliphatic heterocycles. The standard InChI is InChI=1S/C14H19NO3S.C2H6.H2OS/c1-11(2)12-3-5-14(6-4-12)19(17,18)15-9-7-13(16)8-10-15;2*1-2/h3-6,11H,7-10H2,1-2H3;1-2H3;1-2H. The molecular weight excluding hydrogens is 334 g/mol. The first kappa shape index (κ1) is 22.1. The molecule has 5 nitrogen and oxygen atoms in total. The monoisotopic (exact) mass is 361 g/mol. The number of Topliss-reactive ketones (excluding diaryl/α,β-unsaturated/α-hetero) is 1. The lowest BCUT2D eigenvalue weighted by molar-refractivity contribution is -0.120. The van der Waals surface area contributed by atoms with Gasteiger partial charge in [0.2, 0.25) is 10.0 Å². The SMILES string of the molecule is CC.CC(C)c1ccc(S(=O)(=O)N2CCC(=O)CC2)cc1.OS. The topological polar surface area (TPSA) is 74.7 Å². The zero-order valence-corrected chi connectivity index (χ0v) is 15.9. The van der Waals surface area contributed by atoms with Crippen LogP contribution in [0.15, 0.2) is 29.2 Å². The lowest BCUT2D eigenvalue weighted by Crippen LogP contribution is -2.38. The van der Waals surface area contributed by atoms with Crippen LogP contribution >= 0.6 is 12.9 Å². The van der Waals surface area contributed by atoms with Gasteiger partial charge >= 0.3 is 0 Å². The summed E-state index contributed by atoms with van der Waals surface area (Å²) < 4.78 is 32.9. The van der Waals surface area contributed by atoms with Gasteiger partial charge in [0.05, 0.1) is 4.90 Å². The summed E-state index contributed by atoms with van der Waals surface area (Å²) in [5.74, 6) is 0.519. The van der Waals surface area contributed by atoms with Crippen LogP contribution in [0.25, 0.3) is 0 Å². The molecule has 0 bridgehead atoms. The summed E-state index contributed by atoms with van der Waals surface area (Å²) in [4.78, 5) is 11.5. The predicted molar refractivity (Wildman–Crippen MR) is 96.5 cm³/mol. The molecular formula is C16H27NO4S2. The molecule has 1 saturated heterocycles. The fourth-order valence-corrected chi connectivity index (χ4v) is 3.59.